The number of para-hydroxylation sites is 1. The summed E-state index contributed by atoms with van der Waals surface area (Å²) in [5.41, 5.74) is 2.03. The molecule has 188 valence electrons. The summed E-state index contributed by atoms with van der Waals surface area (Å²) in [6, 6.07) is 6.04. The Morgan fingerprint density at radius 1 is 0.594 bits per heavy atom. The van der Waals surface area contributed by atoms with Crippen molar-refractivity contribution >= 4 is 7.26 Å². The Labute approximate surface area is 203 Å². The van der Waals surface area contributed by atoms with Gasteiger partial charge < -0.3 is 5.11 Å². The van der Waals surface area contributed by atoms with Gasteiger partial charge in [0.2, 0.25) is 0 Å². The number of phenols is 1. The SMILES string of the molecule is CC(C)(C)c1cccc(C(C)(C)C)c1O.CCCC[P+](CCCC)(CCCC)CCCC. The molecule has 0 saturated carbocycles. The van der Waals surface area contributed by atoms with Gasteiger partial charge in [-0.3, -0.25) is 0 Å². The lowest BCUT2D eigenvalue weighted by molar-refractivity contribution is 0.423. The molecule has 1 aromatic rings. The smallest absolute Gasteiger partial charge is 0.123 e. The lowest BCUT2D eigenvalue weighted by Crippen LogP contribution is -2.16. The number of phenolic OH excluding ortho intramolecular Hbond substituents is 1. The maximum atomic E-state index is 10.3. The molecule has 0 aliphatic rings. The van der Waals surface area contributed by atoms with Crippen molar-refractivity contribution in [2.24, 2.45) is 0 Å². The number of benzene rings is 1. The Kier molecular flexibility index (Phi) is 15.1. The van der Waals surface area contributed by atoms with Gasteiger partial charge in [0.1, 0.15) is 5.75 Å². The maximum absolute atomic E-state index is 10.3. The molecule has 1 N–H and O–H groups in total. The second-order valence-electron chi connectivity index (χ2n) is 11.9. The number of hydrogen-bond donors (Lipinski definition) is 1. The van der Waals surface area contributed by atoms with Crippen LogP contribution in [-0.2, 0) is 10.8 Å². The Bertz CT molecular complexity index is 536. The molecule has 0 spiro atoms. The molecule has 0 atom stereocenters. The highest BCUT2D eigenvalue weighted by Gasteiger charge is 2.34. The van der Waals surface area contributed by atoms with E-state index in [2.05, 4.69) is 69.2 Å². The van der Waals surface area contributed by atoms with E-state index in [9.17, 15) is 5.11 Å². The van der Waals surface area contributed by atoms with Crippen molar-refractivity contribution in [1.29, 1.82) is 0 Å². The van der Waals surface area contributed by atoms with Crippen molar-refractivity contribution in [3.63, 3.8) is 0 Å². The van der Waals surface area contributed by atoms with Crippen LogP contribution < -0.4 is 0 Å². The third-order valence-corrected chi connectivity index (χ3v) is 11.7. The molecule has 0 saturated heterocycles. The Hall–Kier alpha value is -0.550. The van der Waals surface area contributed by atoms with Gasteiger partial charge in [-0.1, -0.05) is 113 Å². The molecule has 0 bridgehead atoms. The molecule has 2 heteroatoms. The van der Waals surface area contributed by atoms with E-state index in [-0.39, 0.29) is 10.8 Å². The fraction of sp³-hybridized carbons (Fsp3) is 0.800. The molecule has 1 nitrogen and oxygen atoms in total. The molecular weight excluding hydrogens is 407 g/mol. The summed E-state index contributed by atoms with van der Waals surface area (Å²) < 4.78 is 0. The minimum absolute atomic E-state index is 0.00859. The highest BCUT2D eigenvalue weighted by Crippen LogP contribution is 2.61. The Morgan fingerprint density at radius 3 is 1.09 bits per heavy atom. The first-order valence-corrected chi connectivity index (χ1v) is 16.1. The Balaban J connectivity index is 0.000000604. The molecule has 0 amide bonds. The molecule has 0 fully saturated rings. The third-order valence-electron chi connectivity index (χ3n) is 6.60. The molecular formula is C30H58OP+. The second kappa shape index (κ2) is 15.4. The van der Waals surface area contributed by atoms with Crippen LogP contribution in [0, 0.1) is 0 Å². The zero-order chi connectivity index (χ0) is 24.8. The van der Waals surface area contributed by atoms with E-state index in [1.807, 2.05) is 18.2 Å². The number of hydrogen-bond acceptors (Lipinski definition) is 1. The van der Waals surface area contributed by atoms with Crippen LogP contribution in [-0.4, -0.2) is 29.8 Å². The van der Waals surface area contributed by atoms with Crippen molar-refractivity contribution in [1.82, 2.24) is 0 Å². The van der Waals surface area contributed by atoms with Gasteiger partial charge in [-0.25, -0.2) is 0 Å². The molecule has 1 rings (SSSR count). The summed E-state index contributed by atoms with van der Waals surface area (Å²) in [5.74, 6) is 0.456. The Morgan fingerprint density at radius 2 is 0.875 bits per heavy atom. The van der Waals surface area contributed by atoms with Gasteiger partial charge in [0.05, 0.1) is 24.6 Å². The molecule has 0 radical (unpaired) electrons. The summed E-state index contributed by atoms with van der Waals surface area (Å²) in [6.07, 6.45) is 17.9. The summed E-state index contributed by atoms with van der Waals surface area (Å²) in [6.45, 7) is 22.1. The van der Waals surface area contributed by atoms with Gasteiger partial charge in [-0.15, -0.1) is 0 Å². The van der Waals surface area contributed by atoms with Gasteiger partial charge >= 0.3 is 0 Å². The van der Waals surface area contributed by atoms with E-state index in [1.54, 1.807) is 24.6 Å². The summed E-state index contributed by atoms with van der Waals surface area (Å²) >= 11 is 0. The summed E-state index contributed by atoms with van der Waals surface area (Å²) in [4.78, 5) is 0. The van der Waals surface area contributed by atoms with Crippen LogP contribution in [0.25, 0.3) is 0 Å². The van der Waals surface area contributed by atoms with E-state index < -0.39 is 7.26 Å². The minimum atomic E-state index is -0.562. The normalized spacial score (nSPS) is 12.4. The molecule has 0 unspecified atom stereocenters. The lowest BCUT2D eigenvalue weighted by atomic mass is 9.80. The lowest BCUT2D eigenvalue weighted by Gasteiger charge is -2.28. The van der Waals surface area contributed by atoms with Crippen LogP contribution in [0.4, 0.5) is 0 Å². The van der Waals surface area contributed by atoms with Crippen molar-refractivity contribution < 1.29 is 5.11 Å². The zero-order valence-corrected chi connectivity index (χ0v) is 24.5. The molecule has 0 aromatic heterocycles. The summed E-state index contributed by atoms with van der Waals surface area (Å²) in [7, 11) is -0.562. The van der Waals surface area contributed by atoms with Crippen LogP contribution >= 0.6 is 7.26 Å². The van der Waals surface area contributed by atoms with Crippen LogP contribution in [0.15, 0.2) is 18.2 Å². The van der Waals surface area contributed by atoms with Crippen molar-refractivity contribution in [3.05, 3.63) is 29.3 Å². The second-order valence-corrected chi connectivity index (χ2v) is 16.3. The number of aromatic hydroxyl groups is 1. The van der Waals surface area contributed by atoms with Crippen LogP contribution in [0.3, 0.4) is 0 Å². The average Bonchev–Trinajstić information content (AvgIpc) is 2.71. The fourth-order valence-electron chi connectivity index (χ4n) is 4.40. The van der Waals surface area contributed by atoms with Gasteiger partial charge in [0.25, 0.3) is 0 Å². The quantitative estimate of drug-likeness (QED) is 0.304. The van der Waals surface area contributed by atoms with Gasteiger partial charge in [0.15, 0.2) is 0 Å². The van der Waals surface area contributed by atoms with Crippen LogP contribution in [0.2, 0.25) is 0 Å². The average molecular weight is 466 g/mol. The highest BCUT2D eigenvalue weighted by atomic mass is 31.2. The molecule has 0 aliphatic carbocycles. The van der Waals surface area contributed by atoms with Crippen molar-refractivity contribution in [3.8, 4) is 5.75 Å². The molecule has 32 heavy (non-hydrogen) atoms. The topological polar surface area (TPSA) is 20.2 Å². The van der Waals surface area contributed by atoms with Crippen LogP contribution in [0.1, 0.15) is 132 Å². The first-order chi connectivity index (χ1) is 14.9. The van der Waals surface area contributed by atoms with E-state index in [0.717, 1.165) is 11.1 Å². The maximum Gasteiger partial charge on any atom is 0.123 e. The predicted octanol–water partition coefficient (Wildman–Crippen LogP) is 10.2. The van der Waals surface area contributed by atoms with E-state index in [1.165, 1.54) is 51.4 Å². The van der Waals surface area contributed by atoms with E-state index in [4.69, 9.17) is 0 Å². The standard InChI is InChI=1S/C16H36P.C14H22O/c1-5-9-13-17(14-10-6-2,15-11-7-3)16-12-8-4;1-13(2,3)10-8-7-9-11(12(10)15)14(4,5)6/h5-16H2,1-4H3;7-9,15H,1-6H3/q+1;. The zero-order valence-electron chi connectivity index (χ0n) is 23.6. The van der Waals surface area contributed by atoms with Crippen LogP contribution in [0.5, 0.6) is 5.75 Å². The monoisotopic (exact) mass is 465 g/mol. The summed E-state index contributed by atoms with van der Waals surface area (Å²) in [5, 5.41) is 10.3. The largest absolute Gasteiger partial charge is 0.507 e. The van der Waals surface area contributed by atoms with E-state index >= 15 is 0 Å². The van der Waals surface area contributed by atoms with E-state index in [0.29, 0.717) is 5.75 Å². The third kappa shape index (κ3) is 11.5. The first-order valence-electron chi connectivity index (χ1n) is 13.6. The number of rotatable bonds is 12. The molecule has 1 aromatic carbocycles. The molecule has 0 aliphatic heterocycles. The number of unbranched alkanes of at least 4 members (excludes halogenated alkanes) is 4. The highest BCUT2D eigenvalue weighted by molar-refractivity contribution is 7.75. The molecule has 0 heterocycles. The minimum Gasteiger partial charge on any atom is -0.507 e. The van der Waals surface area contributed by atoms with Crippen molar-refractivity contribution in [2.45, 2.75) is 131 Å². The predicted molar refractivity (Wildman–Crippen MR) is 152 cm³/mol. The van der Waals surface area contributed by atoms with Gasteiger partial charge in [-0.05, 0) is 47.6 Å². The van der Waals surface area contributed by atoms with Gasteiger partial charge in [-0.2, -0.15) is 0 Å². The van der Waals surface area contributed by atoms with Crippen molar-refractivity contribution in [2.75, 3.05) is 24.6 Å². The fourth-order valence-corrected chi connectivity index (χ4v) is 9.69. The van der Waals surface area contributed by atoms with Gasteiger partial charge in [0, 0.05) is 7.26 Å². The first kappa shape index (κ1) is 31.4.